The van der Waals surface area contributed by atoms with Gasteiger partial charge in [-0.3, -0.25) is 9.59 Å². The second-order valence-corrected chi connectivity index (χ2v) is 4.73. The van der Waals surface area contributed by atoms with Crippen LogP contribution in [0.3, 0.4) is 0 Å². The van der Waals surface area contributed by atoms with Gasteiger partial charge in [0.15, 0.2) is 0 Å². The number of alkyl halides is 1. The summed E-state index contributed by atoms with van der Waals surface area (Å²) < 4.78 is 0. The van der Waals surface area contributed by atoms with Gasteiger partial charge < -0.3 is 10.2 Å². The van der Waals surface area contributed by atoms with Crippen LogP contribution in [0.2, 0.25) is 0 Å². The van der Waals surface area contributed by atoms with E-state index in [2.05, 4.69) is 21.2 Å². The Kier molecular flexibility index (Phi) is 8.25. The molecule has 0 fully saturated rings. The van der Waals surface area contributed by atoms with Gasteiger partial charge in [-0.1, -0.05) is 22.9 Å². The molecule has 94 valence electrons. The summed E-state index contributed by atoms with van der Waals surface area (Å²) in [6.07, 6.45) is 2.45. The second-order valence-electron chi connectivity index (χ2n) is 3.94. The fourth-order valence-corrected chi connectivity index (χ4v) is 1.80. The van der Waals surface area contributed by atoms with E-state index >= 15 is 0 Å². The number of amides is 2. The highest BCUT2D eigenvalue weighted by atomic mass is 79.9. The lowest BCUT2D eigenvalue weighted by Gasteiger charge is -2.20. The fourth-order valence-electron chi connectivity index (χ4n) is 1.40. The molecule has 1 N–H and O–H groups in total. The molecule has 0 aromatic heterocycles. The van der Waals surface area contributed by atoms with Crippen LogP contribution in [0.1, 0.15) is 26.2 Å². The lowest BCUT2D eigenvalue weighted by molar-refractivity contribution is -0.132. The number of halogens is 1. The van der Waals surface area contributed by atoms with E-state index in [1.807, 2.05) is 6.92 Å². The molecule has 0 spiro atoms. The average molecular weight is 293 g/mol. The molecule has 1 unspecified atom stereocenters. The van der Waals surface area contributed by atoms with Crippen LogP contribution in [0.15, 0.2) is 0 Å². The Morgan fingerprint density at radius 3 is 2.50 bits per heavy atom. The summed E-state index contributed by atoms with van der Waals surface area (Å²) in [6, 6.07) is 0. The van der Waals surface area contributed by atoms with Crippen molar-refractivity contribution in [3.8, 4) is 0 Å². The van der Waals surface area contributed by atoms with Crippen molar-refractivity contribution >= 4 is 27.7 Å². The number of hydrogen-bond acceptors (Lipinski definition) is 2. The van der Waals surface area contributed by atoms with Crippen LogP contribution in [0, 0.1) is 5.92 Å². The summed E-state index contributed by atoms with van der Waals surface area (Å²) in [6.45, 7) is 2.30. The first-order valence-corrected chi connectivity index (χ1v) is 6.66. The molecule has 0 aromatic carbocycles. The van der Waals surface area contributed by atoms with Crippen molar-refractivity contribution in [2.45, 2.75) is 26.2 Å². The summed E-state index contributed by atoms with van der Waals surface area (Å²) in [4.78, 5) is 24.6. The van der Waals surface area contributed by atoms with Gasteiger partial charge in [0.05, 0.1) is 5.92 Å². The number of carbonyl (C=O) groups excluding carboxylic acids is 2. The Bertz CT molecular complexity index is 234. The van der Waals surface area contributed by atoms with Gasteiger partial charge in [0.2, 0.25) is 11.8 Å². The normalized spacial score (nSPS) is 12.0. The van der Waals surface area contributed by atoms with Crippen molar-refractivity contribution in [1.82, 2.24) is 10.2 Å². The predicted octanol–water partition coefficient (Wildman–Crippen LogP) is 1.39. The van der Waals surface area contributed by atoms with Crippen molar-refractivity contribution in [3.05, 3.63) is 0 Å². The minimum atomic E-state index is -0.157. The molecule has 0 saturated carbocycles. The molecular weight excluding hydrogens is 272 g/mol. The number of nitrogens with one attached hydrogen (secondary N) is 1. The van der Waals surface area contributed by atoms with Gasteiger partial charge >= 0.3 is 0 Å². The topological polar surface area (TPSA) is 49.4 Å². The SMILES string of the molecule is CNC(=O)C(C)CN(C)C(=O)CCCCBr. The Morgan fingerprint density at radius 1 is 1.38 bits per heavy atom. The highest BCUT2D eigenvalue weighted by Crippen LogP contribution is 2.04. The molecule has 0 saturated heterocycles. The summed E-state index contributed by atoms with van der Waals surface area (Å²) >= 11 is 3.33. The van der Waals surface area contributed by atoms with E-state index in [0.29, 0.717) is 13.0 Å². The molecule has 0 heterocycles. The van der Waals surface area contributed by atoms with Crippen molar-refractivity contribution < 1.29 is 9.59 Å². The lowest BCUT2D eigenvalue weighted by atomic mass is 10.1. The molecule has 0 aliphatic carbocycles. The summed E-state index contributed by atoms with van der Waals surface area (Å²) in [5.74, 6) is -0.0769. The minimum Gasteiger partial charge on any atom is -0.359 e. The first kappa shape index (κ1) is 15.4. The molecule has 0 bridgehead atoms. The van der Waals surface area contributed by atoms with E-state index < -0.39 is 0 Å². The molecule has 2 amide bonds. The van der Waals surface area contributed by atoms with Crippen molar-refractivity contribution in [3.63, 3.8) is 0 Å². The minimum absolute atomic E-state index is 0.0277. The predicted molar refractivity (Wildman–Crippen MR) is 68.5 cm³/mol. The average Bonchev–Trinajstić information content (AvgIpc) is 2.27. The van der Waals surface area contributed by atoms with E-state index in [0.717, 1.165) is 18.2 Å². The maximum atomic E-state index is 11.6. The largest absolute Gasteiger partial charge is 0.359 e. The third-order valence-corrected chi connectivity index (χ3v) is 3.00. The molecule has 0 aliphatic heterocycles. The van der Waals surface area contributed by atoms with E-state index in [9.17, 15) is 9.59 Å². The molecule has 4 nitrogen and oxygen atoms in total. The van der Waals surface area contributed by atoms with Crippen molar-refractivity contribution in [2.24, 2.45) is 5.92 Å². The van der Waals surface area contributed by atoms with Crippen LogP contribution >= 0.6 is 15.9 Å². The van der Waals surface area contributed by atoms with Gasteiger partial charge in [-0.25, -0.2) is 0 Å². The molecule has 5 heteroatoms. The van der Waals surface area contributed by atoms with E-state index in [1.54, 1.807) is 19.0 Å². The van der Waals surface area contributed by atoms with Crippen LogP contribution < -0.4 is 5.32 Å². The van der Waals surface area contributed by atoms with Gasteiger partial charge in [0.1, 0.15) is 0 Å². The van der Waals surface area contributed by atoms with Crippen LogP contribution in [-0.4, -0.2) is 42.7 Å². The Balaban J connectivity index is 3.90. The zero-order valence-corrected chi connectivity index (χ0v) is 11.8. The van der Waals surface area contributed by atoms with Gasteiger partial charge in [-0.2, -0.15) is 0 Å². The van der Waals surface area contributed by atoms with Crippen molar-refractivity contribution in [1.29, 1.82) is 0 Å². The zero-order chi connectivity index (χ0) is 12.6. The maximum Gasteiger partial charge on any atom is 0.224 e. The Labute approximate surface area is 106 Å². The highest BCUT2D eigenvalue weighted by molar-refractivity contribution is 9.09. The standard InChI is InChI=1S/C11H21BrN2O2/c1-9(11(16)13-2)8-14(3)10(15)6-4-5-7-12/h9H,4-8H2,1-3H3,(H,13,16). The first-order chi connectivity index (χ1) is 7.52. The summed E-state index contributed by atoms with van der Waals surface area (Å²) in [5, 5.41) is 3.51. The molecular formula is C11H21BrN2O2. The van der Waals surface area contributed by atoms with E-state index in [1.165, 1.54) is 0 Å². The number of carbonyl (C=O) groups is 2. The molecule has 0 radical (unpaired) electrons. The molecule has 0 aromatic rings. The Hall–Kier alpha value is -0.580. The number of unbranched alkanes of at least 4 members (excludes halogenated alkanes) is 1. The zero-order valence-electron chi connectivity index (χ0n) is 10.3. The molecule has 1 atom stereocenters. The number of hydrogen-bond donors (Lipinski definition) is 1. The molecule has 16 heavy (non-hydrogen) atoms. The lowest BCUT2D eigenvalue weighted by Crippen LogP contribution is -2.37. The van der Waals surface area contributed by atoms with Crippen LogP contribution in [0.5, 0.6) is 0 Å². The molecule has 0 rings (SSSR count). The van der Waals surface area contributed by atoms with Crippen LogP contribution in [0.4, 0.5) is 0 Å². The number of nitrogens with zero attached hydrogens (tertiary/aromatic N) is 1. The van der Waals surface area contributed by atoms with Crippen LogP contribution in [0.25, 0.3) is 0 Å². The third-order valence-electron chi connectivity index (χ3n) is 2.44. The Morgan fingerprint density at radius 2 is 2.00 bits per heavy atom. The van der Waals surface area contributed by atoms with Gasteiger partial charge in [0.25, 0.3) is 0 Å². The van der Waals surface area contributed by atoms with Gasteiger partial charge in [-0.05, 0) is 12.8 Å². The summed E-state index contributed by atoms with van der Waals surface area (Å²) in [5.41, 5.74) is 0. The second kappa shape index (κ2) is 8.56. The van der Waals surface area contributed by atoms with E-state index in [4.69, 9.17) is 0 Å². The highest BCUT2D eigenvalue weighted by Gasteiger charge is 2.16. The smallest absolute Gasteiger partial charge is 0.224 e. The maximum absolute atomic E-state index is 11.6. The van der Waals surface area contributed by atoms with E-state index in [-0.39, 0.29) is 17.7 Å². The number of rotatable bonds is 7. The monoisotopic (exact) mass is 292 g/mol. The van der Waals surface area contributed by atoms with Gasteiger partial charge in [-0.15, -0.1) is 0 Å². The summed E-state index contributed by atoms with van der Waals surface area (Å²) in [7, 11) is 3.35. The van der Waals surface area contributed by atoms with Crippen LogP contribution in [-0.2, 0) is 9.59 Å². The quantitative estimate of drug-likeness (QED) is 0.569. The van der Waals surface area contributed by atoms with Gasteiger partial charge in [0, 0.05) is 32.4 Å². The fraction of sp³-hybridized carbons (Fsp3) is 0.818. The van der Waals surface area contributed by atoms with Crippen molar-refractivity contribution in [2.75, 3.05) is 26.0 Å². The first-order valence-electron chi connectivity index (χ1n) is 5.54. The third kappa shape index (κ3) is 6.10. The molecule has 0 aliphatic rings.